The lowest BCUT2D eigenvalue weighted by Gasteiger charge is -2.02. The third kappa shape index (κ3) is 1.47. The van der Waals surface area contributed by atoms with Gasteiger partial charge in [-0.25, -0.2) is 0 Å². The van der Waals surface area contributed by atoms with Crippen LogP contribution in [0.15, 0.2) is 28.7 Å². The van der Waals surface area contributed by atoms with Crippen LogP contribution in [0.5, 0.6) is 0 Å². The molecule has 0 bridgehead atoms. The largest absolute Gasteiger partial charge is 0.458 e. The third-order valence-electron chi connectivity index (χ3n) is 2.33. The minimum atomic E-state index is -0.567. The molecule has 0 saturated heterocycles. The number of alkyl halides is 1. The number of benzene rings is 1. The molecule has 0 amide bonds. The summed E-state index contributed by atoms with van der Waals surface area (Å²) in [5, 5.41) is 11.2. The number of aryl methyl sites for hydroxylation is 1. The first-order valence-corrected chi connectivity index (χ1v) is 5.58. The molecule has 2 rings (SSSR count). The van der Waals surface area contributed by atoms with Crippen molar-refractivity contribution in [3.05, 3.63) is 35.6 Å². The van der Waals surface area contributed by atoms with Gasteiger partial charge < -0.3 is 9.52 Å². The highest BCUT2D eigenvalue weighted by atomic mass is 79.9. The predicted molar refractivity (Wildman–Crippen MR) is 59.7 cm³/mol. The van der Waals surface area contributed by atoms with Crippen LogP contribution in [0.4, 0.5) is 0 Å². The second-order valence-electron chi connectivity index (χ2n) is 3.26. The molecule has 1 atom stereocenters. The van der Waals surface area contributed by atoms with Crippen LogP contribution in [0.1, 0.15) is 17.4 Å². The van der Waals surface area contributed by atoms with E-state index in [0.717, 1.165) is 16.5 Å². The van der Waals surface area contributed by atoms with Crippen molar-refractivity contribution in [2.24, 2.45) is 0 Å². The lowest BCUT2D eigenvalue weighted by atomic mass is 10.1. The Morgan fingerprint density at radius 2 is 2.14 bits per heavy atom. The fraction of sp³-hybridized carbons (Fsp3) is 0.273. The molecule has 1 aromatic carbocycles. The molecular formula is C11H11BrO2. The zero-order valence-corrected chi connectivity index (χ0v) is 9.41. The van der Waals surface area contributed by atoms with Gasteiger partial charge in [0.2, 0.25) is 0 Å². The summed E-state index contributed by atoms with van der Waals surface area (Å²) in [6, 6.07) is 7.80. The summed E-state index contributed by atoms with van der Waals surface area (Å²) in [5.74, 6) is 0.656. The summed E-state index contributed by atoms with van der Waals surface area (Å²) >= 11 is 3.23. The summed E-state index contributed by atoms with van der Waals surface area (Å²) in [6.07, 6.45) is -0.567. The summed E-state index contributed by atoms with van der Waals surface area (Å²) in [4.78, 5) is 0. The summed E-state index contributed by atoms with van der Waals surface area (Å²) in [6.45, 7) is 1.97. The summed E-state index contributed by atoms with van der Waals surface area (Å²) < 4.78 is 5.57. The maximum absolute atomic E-state index is 9.67. The molecule has 0 aliphatic carbocycles. The van der Waals surface area contributed by atoms with Crippen LogP contribution in [0.3, 0.4) is 0 Å². The number of fused-ring (bicyclic) bond motifs is 1. The van der Waals surface area contributed by atoms with Crippen molar-refractivity contribution in [3.8, 4) is 0 Å². The second-order valence-corrected chi connectivity index (χ2v) is 3.91. The first kappa shape index (κ1) is 9.74. The standard InChI is InChI=1S/C11H11BrO2/c1-7-8-4-2-3-5-10(8)14-11(7)9(13)6-12/h2-5,9,13H,6H2,1H3/t9-/m0/s1. The van der Waals surface area contributed by atoms with E-state index in [4.69, 9.17) is 4.42 Å². The second kappa shape index (κ2) is 3.75. The quantitative estimate of drug-likeness (QED) is 0.836. The number of rotatable bonds is 2. The van der Waals surface area contributed by atoms with E-state index >= 15 is 0 Å². The van der Waals surface area contributed by atoms with E-state index in [-0.39, 0.29) is 0 Å². The van der Waals surface area contributed by atoms with Gasteiger partial charge in [0.25, 0.3) is 0 Å². The van der Waals surface area contributed by atoms with Crippen LogP contribution in [0, 0.1) is 6.92 Å². The van der Waals surface area contributed by atoms with Crippen molar-refractivity contribution in [2.45, 2.75) is 13.0 Å². The molecule has 0 spiro atoms. The molecule has 2 aromatic rings. The Hall–Kier alpha value is -0.800. The van der Waals surface area contributed by atoms with Gasteiger partial charge in [0, 0.05) is 16.3 Å². The SMILES string of the molecule is Cc1c([C@@H](O)CBr)oc2ccccc12. The number of hydrogen-bond donors (Lipinski definition) is 1. The lowest BCUT2D eigenvalue weighted by molar-refractivity contribution is 0.177. The van der Waals surface area contributed by atoms with E-state index in [1.807, 2.05) is 31.2 Å². The Morgan fingerprint density at radius 3 is 2.79 bits per heavy atom. The Kier molecular flexibility index (Phi) is 2.61. The Morgan fingerprint density at radius 1 is 1.43 bits per heavy atom. The van der Waals surface area contributed by atoms with Gasteiger partial charge in [0.05, 0.1) is 0 Å². The van der Waals surface area contributed by atoms with E-state index in [1.165, 1.54) is 0 Å². The van der Waals surface area contributed by atoms with Gasteiger partial charge in [-0.2, -0.15) is 0 Å². The monoisotopic (exact) mass is 254 g/mol. The molecule has 0 unspecified atom stereocenters. The van der Waals surface area contributed by atoms with Gasteiger partial charge in [-0.3, -0.25) is 0 Å². The molecule has 0 radical (unpaired) electrons. The highest BCUT2D eigenvalue weighted by molar-refractivity contribution is 9.09. The fourth-order valence-corrected chi connectivity index (χ4v) is 1.88. The normalized spacial score (nSPS) is 13.4. The predicted octanol–water partition coefficient (Wildman–Crippen LogP) is 3.17. The van der Waals surface area contributed by atoms with E-state index in [2.05, 4.69) is 15.9 Å². The number of hydrogen-bond acceptors (Lipinski definition) is 2. The van der Waals surface area contributed by atoms with Crippen LogP contribution < -0.4 is 0 Å². The van der Waals surface area contributed by atoms with Crippen molar-refractivity contribution >= 4 is 26.9 Å². The van der Waals surface area contributed by atoms with Crippen LogP contribution in [0.25, 0.3) is 11.0 Å². The summed E-state index contributed by atoms with van der Waals surface area (Å²) in [7, 11) is 0. The van der Waals surface area contributed by atoms with Gasteiger partial charge in [-0.1, -0.05) is 34.1 Å². The van der Waals surface area contributed by atoms with E-state index in [1.54, 1.807) is 0 Å². The lowest BCUT2D eigenvalue weighted by Crippen LogP contribution is -1.97. The average molecular weight is 255 g/mol. The first-order valence-electron chi connectivity index (χ1n) is 4.46. The molecule has 0 fully saturated rings. The number of aliphatic hydroxyl groups is 1. The summed E-state index contributed by atoms with van der Waals surface area (Å²) in [5.41, 5.74) is 1.85. The van der Waals surface area contributed by atoms with Crippen molar-refractivity contribution in [3.63, 3.8) is 0 Å². The van der Waals surface area contributed by atoms with E-state index in [9.17, 15) is 5.11 Å². The van der Waals surface area contributed by atoms with Crippen LogP contribution in [0.2, 0.25) is 0 Å². The Balaban J connectivity index is 2.62. The molecule has 0 saturated carbocycles. The van der Waals surface area contributed by atoms with Gasteiger partial charge in [0.1, 0.15) is 17.4 Å². The van der Waals surface area contributed by atoms with Gasteiger partial charge in [0.15, 0.2) is 0 Å². The molecule has 14 heavy (non-hydrogen) atoms. The number of para-hydroxylation sites is 1. The van der Waals surface area contributed by atoms with Crippen molar-refractivity contribution in [1.29, 1.82) is 0 Å². The van der Waals surface area contributed by atoms with Crippen molar-refractivity contribution < 1.29 is 9.52 Å². The van der Waals surface area contributed by atoms with E-state index in [0.29, 0.717) is 11.1 Å². The topological polar surface area (TPSA) is 33.4 Å². The van der Waals surface area contributed by atoms with Gasteiger partial charge in [-0.15, -0.1) is 0 Å². The van der Waals surface area contributed by atoms with Gasteiger partial charge >= 0.3 is 0 Å². The van der Waals surface area contributed by atoms with E-state index < -0.39 is 6.10 Å². The zero-order valence-electron chi connectivity index (χ0n) is 7.83. The molecule has 3 heteroatoms. The minimum Gasteiger partial charge on any atom is -0.458 e. The molecule has 74 valence electrons. The Bertz CT molecular complexity index is 447. The Labute approximate surface area is 90.7 Å². The third-order valence-corrected chi connectivity index (χ3v) is 2.94. The minimum absolute atomic E-state index is 0.494. The smallest absolute Gasteiger partial charge is 0.137 e. The zero-order chi connectivity index (χ0) is 10.1. The number of halogens is 1. The molecule has 2 nitrogen and oxygen atoms in total. The molecule has 1 N–H and O–H groups in total. The van der Waals surface area contributed by atoms with Gasteiger partial charge in [-0.05, 0) is 13.0 Å². The molecule has 0 aliphatic rings. The maximum atomic E-state index is 9.67. The number of aliphatic hydroxyl groups excluding tert-OH is 1. The van der Waals surface area contributed by atoms with Crippen LogP contribution in [-0.4, -0.2) is 10.4 Å². The molecule has 0 aliphatic heterocycles. The highest BCUT2D eigenvalue weighted by Crippen LogP contribution is 2.29. The molecular weight excluding hydrogens is 244 g/mol. The molecule has 1 heterocycles. The first-order chi connectivity index (χ1) is 6.74. The fourth-order valence-electron chi connectivity index (χ4n) is 1.58. The van der Waals surface area contributed by atoms with Crippen molar-refractivity contribution in [1.82, 2.24) is 0 Å². The number of furan rings is 1. The highest BCUT2D eigenvalue weighted by Gasteiger charge is 2.16. The molecule has 1 aromatic heterocycles. The van der Waals surface area contributed by atoms with Crippen LogP contribution in [-0.2, 0) is 0 Å². The van der Waals surface area contributed by atoms with Crippen LogP contribution >= 0.6 is 15.9 Å². The average Bonchev–Trinajstić information content (AvgIpc) is 2.56. The van der Waals surface area contributed by atoms with Crippen molar-refractivity contribution in [2.75, 3.05) is 5.33 Å². The maximum Gasteiger partial charge on any atom is 0.137 e.